The van der Waals surface area contributed by atoms with E-state index in [2.05, 4.69) is 16.6 Å². The Morgan fingerprint density at radius 3 is 2.50 bits per heavy atom. The lowest BCUT2D eigenvalue weighted by Gasteiger charge is -2.06. The number of carbonyl (C=O) groups excluding carboxylic acids is 1. The van der Waals surface area contributed by atoms with Gasteiger partial charge in [-0.05, 0) is 17.5 Å². The molecular weight excluding hydrogens is 228 g/mol. The normalized spacial score (nSPS) is 9.44. The molecule has 3 nitrogen and oxygen atoms in total. The van der Waals surface area contributed by atoms with Crippen LogP contribution in [0, 0.1) is 11.8 Å². The first-order chi connectivity index (χ1) is 8.76. The molecular formula is C15H12O3. The van der Waals surface area contributed by atoms with Crippen LogP contribution in [0.5, 0.6) is 5.75 Å². The fraction of sp³-hybridized carbons (Fsp3) is 0.133. The Morgan fingerprint density at radius 1 is 1.11 bits per heavy atom. The summed E-state index contributed by atoms with van der Waals surface area (Å²) in [5.41, 5.74) is 0.746. The minimum Gasteiger partial charge on any atom is -0.496 e. The highest BCUT2D eigenvalue weighted by Crippen LogP contribution is 2.28. The van der Waals surface area contributed by atoms with E-state index in [1.54, 1.807) is 7.11 Å². The largest absolute Gasteiger partial charge is 0.496 e. The number of esters is 1. The number of hydrogen-bond donors (Lipinski definition) is 0. The summed E-state index contributed by atoms with van der Waals surface area (Å²) in [5, 5.41) is 1.92. The van der Waals surface area contributed by atoms with E-state index in [4.69, 9.17) is 4.74 Å². The maximum atomic E-state index is 11.0. The van der Waals surface area contributed by atoms with Gasteiger partial charge in [-0.25, -0.2) is 4.79 Å². The minimum absolute atomic E-state index is 0.554. The van der Waals surface area contributed by atoms with Crippen LogP contribution in [-0.2, 0) is 9.53 Å². The fourth-order valence-corrected chi connectivity index (χ4v) is 1.75. The maximum absolute atomic E-state index is 11.0. The quantitative estimate of drug-likeness (QED) is 0.567. The van der Waals surface area contributed by atoms with Crippen molar-refractivity contribution >= 4 is 16.7 Å². The Labute approximate surface area is 105 Å². The third-order valence-electron chi connectivity index (χ3n) is 2.57. The number of ether oxygens (including phenoxy) is 2. The highest BCUT2D eigenvalue weighted by atomic mass is 16.5. The van der Waals surface area contributed by atoms with Crippen molar-refractivity contribution in [1.82, 2.24) is 0 Å². The first-order valence-corrected chi connectivity index (χ1v) is 5.42. The van der Waals surface area contributed by atoms with E-state index in [1.807, 2.05) is 36.4 Å². The second-order valence-corrected chi connectivity index (χ2v) is 3.61. The van der Waals surface area contributed by atoms with E-state index in [0.29, 0.717) is 0 Å². The van der Waals surface area contributed by atoms with Crippen molar-refractivity contribution in [2.75, 3.05) is 14.2 Å². The average molecular weight is 240 g/mol. The highest BCUT2D eigenvalue weighted by molar-refractivity contribution is 5.95. The summed E-state index contributed by atoms with van der Waals surface area (Å²) in [6.07, 6.45) is 0. The molecule has 0 heterocycles. The molecule has 0 unspecified atom stereocenters. The van der Waals surface area contributed by atoms with E-state index in [-0.39, 0.29) is 0 Å². The van der Waals surface area contributed by atoms with E-state index in [0.717, 1.165) is 22.1 Å². The second kappa shape index (κ2) is 5.24. The number of carbonyl (C=O) groups is 1. The zero-order chi connectivity index (χ0) is 13.0. The van der Waals surface area contributed by atoms with Gasteiger partial charge in [0.05, 0.1) is 14.2 Å². The Balaban J connectivity index is 2.62. The Kier molecular flexibility index (Phi) is 3.49. The van der Waals surface area contributed by atoms with Gasteiger partial charge in [0, 0.05) is 16.9 Å². The van der Waals surface area contributed by atoms with Gasteiger partial charge in [0.15, 0.2) is 0 Å². The molecule has 18 heavy (non-hydrogen) atoms. The summed E-state index contributed by atoms with van der Waals surface area (Å²) >= 11 is 0. The van der Waals surface area contributed by atoms with Crippen LogP contribution in [0.25, 0.3) is 10.8 Å². The molecule has 0 saturated heterocycles. The molecule has 2 rings (SSSR count). The van der Waals surface area contributed by atoms with Crippen molar-refractivity contribution < 1.29 is 14.3 Å². The summed E-state index contributed by atoms with van der Waals surface area (Å²) in [6.45, 7) is 0. The van der Waals surface area contributed by atoms with Crippen LogP contribution < -0.4 is 4.74 Å². The zero-order valence-electron chi connectivity index (χ0n) is 10.2. The third-order valence-corrected chi connectivity index (χ3v) is 2.57. The van der Waals surface area contributed by atoms with Crippen LogP contribution >= 0.6 is 0 Å². The van der Waals surface area contributed by atoms with Crippen LogP contribution in [0.3, 0.4) is 0 Å². The maximum Gasteiger partial charge on any atom is 0.384 e. The van der Waals surface area contributed by atoms with Crippen molar-refractivity contribution in [3.8, 4) is 17.6 Å². The van der Waals surface area contributed by atoms with Crippen LogP contribution in [0.1, 0.15) is 5.56 Å². The molecule has 2 aromatic carbocycles. The van der Waals surface area contributed by atoms with Crippen molar-refractivity contribution in [3.63, 3.8) is 0 Å². The molecule has 2 aromatic rings. The van der Waals surface area contributed by atoms with E-state index >= 15 is 0 Å². The number of benzene rings is 2. The smallest absolute Gasteiger partial charge is 0.384 e. The van der Waals surface area contributed by atoms with Crippen molar-refractivity contribution in [3.05, 3.63) is 42.0 Å². The van der Waals surface area contributed by atoms with Crippen molar-refractivity contribution in [1.29, 1.82) is 0 Å². The molecule has 0 aromatic heterocycles. The van der Waals surface area contributed by atoms with Crippen molar-refractivity contribution in [2.45, 2.75) is 0 Å². The molecule has 0 amide bonds. The SMILES string of the molecule is COC(=O)C#Cc1cccc2cccc(OC)c12. The van der Waals surface area contributed by atoms with Gasteiger partial charge in [-0.3, -0.25) is 0 Å². The monoisotopic (exact) mass is 240 g/mol. The van der Waals surface area contributed by atoms with Crippen LogP contribution in [0.15, 0.2) is 36.4 Å². The molecule has 0 aliphatic heterocycles. The van der Waals surface area contributed by atoms with E-state index < -0.39 is 5.97 Å². The Morgan fingerprint density at radius 2 is 1.83 bits per heavy atom. The van der Waals surface area contributed by atoms with Gasteiger partial charge >= 0.3 is 5.97 Å². The zero-order valence-corrected chi connectivity index (χ0v) is 10.2. The Hall–Kier alpha value is -2.47. The fourth-order valence-electron chi connectivity index (χ4n) is 1.75. The average Bonchev–Trinajstić information content (AvgIpc) is 2.43. The summed E-state index contributed by atoms with van der Waals surface area (Å²) in [4.78, 5) is 11.0. The van der Waals surface area contributed by atoms with Crippen LogP contribution in [-0.4, -0.2) is 20.2 Å². The number of methoxy groups -OCH3 is 2. The van der Waals surface area contributed by atoms with E-state index in [1.165, 1.54) is 7.11 Å². The molecule has 0 saturated carbocycles. The Bertz CT molecular complexity index is 642. The number of hydrogen-bond acceptors (Lipinski definition) is 3. The van der Waals surface area contributed by atoms with E-state index in [9.17, 15) is 4.79 Å². The molecule has 0 atom stereocenters. The van der Waals surface area contributed by atoms with Gasteiger partial charge in [-0.2, -0.15) is 0 Å². The predicted molar refractivity (Wildman–Crippen MR) is 69.4 cm³/mol. The summed E-state index contributed by atoms with van der Waals surface area (Å²) < 4.78 is 9.81. The molecule has 0 fully saturated rings. The summed E-state index contributed by atoms with van der Waals surface area (Å²) in [6, 6.07) is 11.5. The summed E-state index contributed by atoms with van der Waals surface area (Å²) in [7, 11) is 2.92. The first-order valence-electron chi connectivity index (χ1n) is 5.42. The lowest BCUT2D eigenvalue weighted by molar-refractivity contribution is -0.133. The highest BCUT2D eigenvalue weighted by Gasteiger charge is 2.04. The van der Waals surface area contributed by atoms with Gasteiger partial charge in [-0.15, -0.1) is 0 Å². The topological polar surface area (TPSA) is 35.5 Å². The van der Waals surface area contributed by atoms with Gasteiger partial charge in [0.25, 0.3) is 0 Å². The molecule has 0 spiro atoms. The molecule has 3 heteroatoms. The standard InChI is InChI=1S/C15H12O3/c1-17-13-8-4-7-11-5-3-6-12(15(11)13)9-10-14(16)18-2/h3-8H,1-2H3. The predicted octanol–water partition coefficient (Wildman–Crippen LogP) is 2.37. The first kappa shape index (κ1) is 12.0. The lowest BCUT2D eigenvalue weighted by atomic mass is 10.0. The van der Waals surface area contributed by atoms with Gasteiger partial charge in [0.2, 0.25) is 0 Å². The number of fused-ring (bicyclic) bond motifs is 1. The molecule has 90 valence electrons. The lowest BCUT2D eigenvalue weighted by Crippen LogP contribution is -1.95. The molecule has 0 aliphatic carbocycles. The van der Waals surface area contributed by atoms with Gasteiger partial charge < -0.3 is 9.47 Å². The van der Waals surface area contributed by atoms with Crippen LogP contribution in [0.2, 0.25) is 0 Å². The molecule has 0 bridgehead atoms. The van der Waals surface area contributed by atoms with Gasteiger partial charge in [-0.1, -0.05) is 30.2 Å². The number of rotatable bonds is 1. The minimum atomic E-state index is -0.554. The summed E-state index contributed by atoms with van der Waals surface area (Å²) in [5.74, 6) is 5.42. The molecule has 0 radical (unpaired) electrons. The van der Waals surface area contributed by atoms with Crippen molar-refractivity contribution in [2.24, 2.45) is 0 Å². The third kappa shape index (κ3) is 2.28. The molecule has 0 N–H and O–H groups in total. The van der Waals surface area contributed by atoms with Gasteiger partial charge in [0.1, 0.15) is 5.75 Å². The van der Waals surface area contributed by atoms with Crippen LogP contribution in [0.4, 0.5) is 0 Å². The molecule has 0 aliphatic rings. The second-order valence-electron chi connectivity index (χ2n) is 3.61.